The fourth-order valence-electron chi connectivity index (χ4n) is 3.11. The van der Waals surface area contributed by atoms with Gasteiger partial charge in [0.2, 0.25) is 0 Å². The van der Waals surface area contributed by atoms with Crippen molar-refractivity contribution in [1.82, 2.24) is 15.6 Å². The number of pyridine rings is 1. The molecule has 1 aliphatic rings. The van der Waals surface area contributed by atoms with Crippen LogP contribution in [0.2, 0.25) is 0 Å². The van der Waals surface area contributed by atoms with Gasteiger partial charge in [-0.25, -0.2) is 0 Å². The summed E-state index contributed by atoms with van der Waals surface area (Å²) in [5.74, 6) is 2.35. The van der Waals surface area contributed by atoms with Gasteiger partial charge in [0, 0.05) is 57.6 Å². The van der Waals surface area contributed by atoms with E-state index in [1.807, 2.05) is 18.5 Å². The number of hydrogen-bond acceptors (Lipinski definition) is 4. The maximum absolute atomic E-state index is 5.73. The van der Waals surface area contributed by atoms with Gasteiger partial charge in [0.25, 0.3) is 0 Å². The number of ether oxygens (including phenoxy) is 2. The van der Waals surface area contributed by atoms with Crippen molar-refractivity contribution in [1.29, 1.82) is 0 Å². The average Bonchev–Trinajstić information content (AvgIpc) is 3.17. The molecule has 1 saturated heterocycles. The molecule has 2 unspecified atom stereocenters. The van der Waals surface area contributed by atoms with Crippen LogP contribution in [-0.4, -0.2) is 57.5 Å². The second kappa shape index (κ2) is 14.1. The van der Waals surface area contributed by atoms with Crippen LogP contribution in [0.3, 0.4) is 0 Å². The fraction of sp³-hybridized carbons (Fsp3) is 0.700. The van der Waals surface area contributed by atoms with Gasteiger partial charge in [-0.15, -0.1) is 24.0 Å². The molecule has 2 atom stereocenters. The molecule has 0 bridgehead atoms. The van der Waals surface area contributed by atoms with Gasteiger partial charge in [0.05, 0.1) is 13.2 Å². The van der Waals surface area contributed by atoms with Crippen LogP contribution in [0.4, 0.5) is 0 Å². The summed E-state index contributed by atoms with van der Waals surface area (Å²) >= 11 is 0. The van der Waals surface area contributed by atoms with E-state index in [4.69, 9.17) is 9.47 Å². The molecule has 6 nitrogen and oxygen atoms in total. The van der Waals surface area contributed by atoms with E-state index in [1.54, 1.807) is 7.05 Å². The number of nitrogens with zero attached hydrogens (tertiary/aromatic N) is 2. The first-order valence-corrected chi connectivity index (χ1v) is 9.70. The van der Waals surface area contributed by atoms with E-state index in [0.717, 1.165) is 58.3 Å². The minimum atomic E-state index is 0. The number of hydrogen-bond donors (Lipinski definition) is 2. The van der Waals surface area contributed by atoms with Gasteiger partial charge in [-0.2, -0.15) is 0 Å². The van der Waals surface area contributed by atoms with Crippen molar-refractivity contribution in [2.45, 2.75) is 32.6 Å². The zero-order chi connectivity index (χ0) is 18.6. The van der Waals surface area contributed by atoms with Crippen LogP contribution >= 0.6 is 24.0 Å². The van der Waals surface area contributed by atoms with Crippen LogP contribution in [0.1, 0.15) is 38.2 Å². The van der Waals surface area contributed by atoms with Gasteiger partial charge in [-0.05, 0) is 30.4 Å². The monoisotopic (exact) mass is 490 g/mol. The van der Waals surface area contributed by atoms with Crippen molar-refractivity contribution in [3.63, 3.8) is 0 Å². The topological polar surface area (TPSA) is 67.8 Å². The fourth-order valence-corrected chi connectivity index (χ4v) is 3.11. The molecule has 2 N–H and O–H groups in total. The van der Waals surface area contributed by atoms with Gasteiger partial charge in [-0.3, -0.25) is 9.98 Å². The molecule has 1 aliphatic heterocycles. The minimum absolute atomic E-state index is 0. The summed E-state index contributed by atoms with van der Waals surface area (Å²) in [6.07, 6.45) is 5.86. The molecule has 0 radical (unpaired) electrons. The molecule has 1 fully saturated rings. The van der Waals surface area contributed by atoms with E-state index in [0.29, 0.717) is 17.8 Å². The summed E-state index contributed by atoms with van der Waals surface area (Å²) in [7, 11) is 1.81. The summed E-state index contributed by atoms with van der Waals surface area (Å²) in [5.41, 5.74) is 1.26. The largest absolute Gasteiger partial charge is 0.381 e. The molecule has 27 heavy (non-hydrogen) atoms. The Kier molecular flexibility index (Phi) is 12.6. The second-order valence-corrected chi connectivity index (χ2v) is 7.17. The second-order valence-electron chi connectivity index (χ2n) is 7.17. The Morgan fingerprint density at radius 3 is 2.89 bits per heavy atom. The van der Waals surface area contributed by atoms with E-state index in [-0.39, 0.29) is 24.0 Å². The zero-order valence-electron chi connectivity index (χ0n) is 16.8. The summed E-state index contributed by atoms with van der Waals surface area (Å²) < 4.78 is 11.1. The minimum Gasteiger partial charge on any atom is -0.381 e. The molecular formula is C20H35IN4O2. The molecule has 2 heterocycles. The van der Waals surface area contributed by atoms with Crippen LogP contribution in [0.25, 0.3) is 0 Å². The Hall–Kier alpha value is -0.930. The van der Waals surface area contributed by atoms with E-state index < -0.39 is 0 Å². The Morgan fingerprint density at radius 2 is 2.26 bits per heavy atom. The van der Waals surface area contributed by atoms with Crippen LogP contribution in [-0.2, 0) is 9.47 Å². The van der Waals surface area contributed by atoms with Gasteiger partial charge >= 0.3 is 0 Å². The SMILES string of the molecule is CN=C(NCCCOCC1CCOC1)NCC(c1cccnc1)C(C)C.I. The Bertz CT molecular complexity index is 522. The first-order valence-electron chi connectivity index (χ1n) is 9.70. The van der Waals surface area contributed by atoms with Gasteiger partial charge in [0.15, 0.2) is 5.96 Å². The van der Waals surface area contributed by atoms with Crippen LogP contribution in [0, 0.1) is 11.8 Å². The molecule has 1 aromatic heterocycles. The summed E-state index contributed by atoms with van der Waals surface area (Å²) in [4.78, 5) is 8.56. The number of aromatic nitrogens is 1. The third kappa shape index (κ3) is 9.21. The highest BCUT2D eigenvalue weighted by atomic mass is 127. The summed E-state index contributed by atoms with van der Waals surface area (Å²) in [5, 5.41) is 6.80. The van der Waals surface area contributed by atoms with Gasteiger partial charge in [0.1, 0.15) is 0 Å². The average molecular weight is 490 g/mol. The van der Waals surface area contributed by atoms with Crippen molar-refractivity contribution < 1.29 is 9.47 Å². The lowest BCUT2D eigenvalue weighted by Gasteiger charge is -2.23. The molecule has 154 valence electrons. The Balaban J connectivity index is 0.00000364. The quantitative estimate of drug-likeness (QED) is 0.229. The molecule has 7 heteroatoms. The van der Waals surface area contributed by atoms with Crippen LogP contribution in [0.15, 0.2) is 29.5 Å². The van der Waals surface area contributed by atoms with Crippen LogP contribution < -0.4 is 10.6 Å². The number of aliphatic imine (C=N–C) groups is 1. The lowest BCUT2D eigenvalue weighted by molar-refractivity contribution is 0.0888. The standard InChI is InChI=1S/C20H34N4O2.HI/c1-16(2)19(18-6-4-8-22-12-18)13-24-20(21-3)23-9-5-10-25-14-17-7-11-26-15-17;/h4,6,8,12,16-17,19H,5,7,9-11,13-15H2,1-3H3,(H2,21,23,24);1H. The third-order valence-corrected chi connectivity index (χ3v) is 4.77. The lowest BCUT2D eigenvalue weighted by Crippen LogP contribution is -2.40. The molecule has 1 aromatic rings. The smallest absolute Gasteiger partial charge is 0.190 e. The van der Waals surface area contributed by atoms with Crippen LogP contribution in [0.5, 0.6) is 0 Å². The molecule has 2 rings (SSSR count). The molecule has 0 amide bonds. The number of nitrogens with one attached hydrogen (secondary N) is 2. The molecule has 0 saturated carbocycles. The van der Waals surface area contributed by atoms with Crippen molar-refractivity contribution in [3.05, 3.63) is 30.1 Å². The first kappa shape index (κ1) is 24.1. The molecule has 0 aliphatic carbocycles. The van der Waals surface area contributed by atoms with Crippen molar-refractivity contribution >= 4 is 29.9 Å². The molecule has 0 spiro atoms. The Labute approximate surface area is 180 Å². The number of guanidine groups is 1. The van der Waals surface area contributed by atoms with Crippen molar-refractivity contribution in [3.8, 4) is 0 Å². The van der Waals surface area contributed by atoms with E-state index in [9.17, 15) is 0 Å². The first-order chi connectivity index (χ1) is 12.7. The molecular weight excluding hydrogens is 455 g/mol. The summed E-state index contributed by atoms with van der Waals surface area (Å²) in [6, 6.07) is 4.14. The normalized spacial score (nSPS) is 18.2. The predicted octanol–water partition coefficient (Wildman–Crippen LogP) is 3.05. The van der Waals surface area contributed by atoms with E-state index in [1.165, 1.54) is 5.56 Å². The number of rotatable bonds is 10. The number of halogens is 1. The maximum Gasteiger partial charge on any atom is 0.190 e. The van der Waals surface area contributed by atoms with Gasteiger partial charge < -0.3 is 20.1 Å². The lowest BCUT2D eigenvalue weighted by atomic mass is 9.89. The highest BCUT2D eigenvalue weighted by molar-refractivity contribution is 14.0. The van der Waals surface area contributed by atoms with Gasteiger partial charge in [-0.1, -0.05) is 19.9 Å². The Morgan fingerprint density at radius 1 is 1.41 bits per heavy atom. The maximum atomic E-state index is 5.73. The molecule has 0 aromatic carbocycles. The third-order valence-electron chi connectivity index (χ3n) is 4.77. The van der Waals surface area contributed by atoms with E-state index in [2.05, 4.69) is 40.5 Å². The highest BCUT2D eigenvalue weighted by Crippen LogP contribution is 2.22. The highest BCUT2D eigenvalue weighted by Gasteiger charge is 2.17. The van der Waals surface area contributed by atoms with E-state index >= 15 is 0 Å². The van der Waals surface area contributed by atoms with Crippen molar-refractivity contribution in [2.75, 3.05) is 46.6 Å². The predicted molar refractivity (Wildman–Crippen MR) is 121 cm³/mol. The van der Waals surface area contributed by atoms with Crippen molar-refractivity contribution in [2.24, 2.45) is 16.8 Å². The summed E-state index contributed by atoms with van der Waals surface area (Å²) in [6.45, 7) is 9.47. The zero-order valence-corrected chi connectivity index (χ0v) is 19.1.